The van der Waals surface area contributed by atoms with Crippen LogP contribution in [0.5, 0.6) is 0 Å². The molecular weight excluding hydrogens is 374 g/mol. The quantitative estimate of drug-likeness (QED) is 0.429. The molecule has 27 heavy (non-hydrogen) atoms. The molecule has 2 rings (SSSR count). The van der Waals surface area contributed by atoms with Crippen molar-refractivity contribution in [1.82, 2.24) is 9.62 Å². The number of amides is 1. The van der Waals surface area contributed by atoms with Crippen LogP contribution in [0.4, 0.5) is 11.4 Å². The number of primary amides is 1. The minimum absolute atomic E-state index is 0.0101. The van der Waals surface area contributed by atoms with Gasteiger partial charge in [0.15, 0.2) is 0 Å². The standard InChI is InChI=1S/C16H25N5O5S/c1-11(2)19-27(25,26)13-3-4-14(15(9-13)21(23)24)18-12-5-7-20(8-6-12)10-16(17)22/h3-4,9,11-12,18-19H,5-8,10H2,1-2H3,(H2,17,22). The van der Waals surface area contributed by atoms with Crippen molar-refractivity contribution in [1.29, 1.82) is 0 Å². The average Bonchev–Trinajstić information content (AvgIpc) is 2.55. The molecule has 0 unspecified atom stereocenters. The molecule has 0 aromatic heterocycles. The number of piperidine rings is 1. The summed E-state index contributed by atoms with van der Waals surface area (Å²) in [4.78, 5) is 23.6. The maximum Gasteiger partial charge on any atom is 0.293 e. The summed E-state index contributed by atoms with van der Waals surface area (Å²) in [7, 11) is -3.82. The smallest absolute Gasteiger partial charge is 0.293 e. The molecule has 11 heteroatoms. The number of hydrogen-bond acceptors (Lipinski definition) is 7. The van der Waals surface area contributed by atoms with E-state index in [1.165, 1.54) is 12.1 Å². The SMILES string of the molecule is CC(C)NS(=O)(=O)c1ccc(NC2CCN(CC(N)=O)CC2)c([N+](=O)[O-])c1. The number of nitrogens with one attached hydrogen (secondary N) is 2. The van der Waals surface area contributed by atoms with Crippen molar-refractivity contribution in [2.75, 3.05) is 25.0 Å². The van der Waals surface area contributed by atoms with Gasteiger partial charge in [-0.15, -0.1) is 0 Å². The molecule has 0 bridgehead atoms. The zero-order chi connectivity index (χ0) is 20.2. The Labute approximate surface area is 158 Å². The number of nitrogens with zero attached hydrogens (tertiary/aromatic N) is 2. The van der Waals surface area contributed by atoms with Crippen LogP contribution in [0.25, 0.3) is 0 Å². The molecule has 150 valence electrons. The lowest BCUT2D eigenvalue weighted by Gasteiger charge is -2.31. The van der Waals surface area contributed by atoms with Crippen LogP contribution in [0, 0.1) is 10.1 Å². The number of anilines is 1. The fourth-order valence-corrected chi connectivity index (χ4v) is 4.28. The van der Waals surface area contributed by atoms with Gasteiger partial charge in [-0.1, -0.05) is 0 Å². The molecule has 4 N–H and O–H groups in total. The maximum absolute atomic E-state index is 12.2. The third-order valence-corrected chi connectivity index (χ3v) is 5.85. The summed E-state index contributed by atoms with van der Waals surface area (Å²) < 4.78 is 26.9. The molecule has 10 nitrogen and oxygen atoms in total. The van der Waals surface area contributed by atoms with Crippen LogP contribution >= 0.6 is 0 Å². The Morgan fingerprint density at radius 2 is 2.00 bits per heavy atom. The highest BCUT2D eigenvalue weighted by atomic mass is 32.2. The van der Waals surface area contributed by atoms with E-state index < -0.39 is 14.9 Å². The molecule has 1 aliphatic heterocycles. The van der Waals surface area contributed by atoms with E-state index in [9.17, 15) is 23.3 Å². The van der Waals surface area contributed by atoms with Gasteiger partial charge in [-0.05, 0) is 38.8 Å². The van der Waals surface area contributed by atoms with Crippen molar-refractivity contribution in [3.8, 4) is 0 Å². The number of sulfonamides is 1. The van der Waals surface area contributed by atoms with Gasteiger partial charge in [0.2, 0.25) is 15.9 Å². The molecule has 0 spiro atoms. The van der Waals surface area contributed by atoms with Crippen molar-refractivity contribution in [2.45, 2.75) is 43.7 Å². The van der Waals surface area contributed by atoms with Crippen molar-refractivity contribution >= 4 is 27.3 Å². The second-order valence-electron chi connectivity index (χ2n) is 6.87. The Morgan fingerprint density at radius 1 is 1.37 bits per heavy atom. The van der Waals surface area contributed by atoms with Crippen LogP contribution in [0.3, 0.4) is 0 Å². The maximum atomic E-state index is 12.2. The molecule has 1 aliphatic rings. The van der Waals surface area contributed by atoms with E-state index in [1.54, 1.807) is 13.8 Å². The van der Waals surface area contributed by atoms with Gasteiger partial charge < -0.3 is 11.1 Å². The van der Waals surface area contributed by atoms with Crippen LogP contribution in [0.15, 0.2) is 23.1 Å². The van der Waals surface area contributed by atoms with Gasteiger partial charge in [0, 0.05) is 31.2 Å². The fraction of sp³-hybridized carbons (Fsp3) is 0.562. The summed E-state index contributed by atoms with van der Waals surface area (Å²) in [5.41, 5.74) is 5.17. The summed E-state index contributed by atoms with van der Waals surface area (Å²) in [6, 6.07) is 3.50. The second kappa shape index (κ2) is 8.63. The van der Waals surface area contributed by atoms with E-state index >= 15 is 0 Å². The Hall–Kier alpha value is -2.24. The number of carbonyl (C=O) groups is 1. The fourth-order valence-electron chi connectivity index (χ4n) is 3.01. The first-order valence-corrected chi connectivity index (χ1v) is 10.1. The second-order valence-corrected chi connectivity index (χ2v) is 8.59. The predicted molar refractivity (Wildman–Crippen MR) is 101 cm³/mol. The Kier molecular flexibility index (Phi) is 6.73. The Balaban J connectivity index is 2.14. The van der Waals surface area contributed by atoms with Crippen molar-refractivity contribution < 1.29 is 18.1 Å². The first-order valence-electron chi connectivity index (χ1n) is 8.66. The highest BCUT2D eigenvalue weighted by Crippen LogP contribution is 2.29. The minimum atomic E-state index is -3.82. The van der Waals surface area contributed by atoms with E-state index in [1.807, 2.05) is 4.90 Å². The molecule has 0 aliphatic carbocycles. The first-order chi connectivity index (χ1) is 12.6. The van der Waals surface area contributed by atoms with Crippen LogP contribution < -0.4 is 15.8 Å². The van der Waals surface area contributed by atoms with E-state index in [4.69, 9.17) is 5.73 Å². The van der Waals surface area contributed by atoms with Crippen LogP contribution in [-0.2, 0) is 14.8 Å². The molecule has 1 amide bonds. The highest BCUT2D eigenvalue weighted by molar-refractivity contribution is 7.89. The van der Waals surface area contributed by atoms with Gasteiger partial charge >= 0.3 is 0 Å². The lowest BCUT2D eigenvalue weighted by Crippen LogP contribution is -2.43. The van der Waals surface area contributed by atoms with Crippen molar-refractivity contribution in [2.24, 2.45) is 5.73 Å². The van der Waals surface area contributed by atoms with E-state index in [0.717, 1.165) is 6.07 Å². The van der Waals surface area contributed by atoms with Gasteiger partial charge in [0.25, 0.3) is 5.69 Å². The van der Waals surface area contributed by atoms with Gasteiger partial charge in [-0.25, -0.2) is 13.1 Å². The number of nitro groups is 1. The topological polar surface area (TPSA) is 148 Å². The largest absolute Gasteiger partial charge is 0.377 e. The number of nitro benzene ring substituents is 1. The normalized spacial score (nSPS) is 16.4. The Bertz CT molecular complexity index is 803. The van der Waals surface area contributed by atoms with E-state index in [-0.39, 0.29) is 40.8 Å². The van der Waals surface area contributed by atoms with E-state index in [2.05, 4.69) is 10.0 Å². The summed E-state index contributed by atoms with van der Waals surface area (Å²) in [5, 5.41) is 14.6. The van der Waals surface area contributed by atoms with E-state index in [0.29, 0.717) is 25.9 Å². The lowest BCUT2D eigenvalue weighted by atomic mass is 10.0. The van der Waals surface area contributed by atoms with Gasteiger partial charge in [-0.2, -0.15) is 0 Å². The summed E-state index contributed by atoms with van der Waals surface area (Å²) in [5.74, 6) is -0.385. The minimum Gasteiger partial charge on any atom is -0.377 e. The van der Waals surface area contributed by atoms with Crippen molar-refractivity contribution in [3.05, 3.63) is 28.3 Å². The third kappa shape index (κ3) is 5.88. The average molecular weight is 399 g/mol. The number of rotatable bonds is 8. The lowest BCUT2D eigenvalue weighted by molar-refractivity contribution is -0.384. The number of nitrogens with two attached hydrogens (primary N) is 1. The summed E-state index contributed by atoms with van der Waals surface area (Å²) in [6.45, 7) is 4.85. The monoisotopic (exact) mass is 399 g/mol. The highest BCUT2D eigenvalue weighted by Gasteiger charge is 2.25. The van der Waals surface area contributed by atoms with Crippen LogP contribution in [0.1, 0.15) is 26.7 Å². The number of hydrogen-bond donors (Lipinski definition) is 3. The van der Waals surface area contributed by atoms with Gasteiger partial charge in [-0.3, -0.25) is 19.8 Å². The molecule has 1 saturated heterocycles. The number of benzene rings is 1. The number of carbonyl (C=O) groups excluding carboxylic acids is 1. The molecule has 0 radical (unpaired) electrons. The molecule has 1 aromatic carbocycles. The molecular formula is C16H25N5O5S. The van der Waals surface area contributed by atoms with Crippen LogP contribution in [0.2, 0.25) is 0 Å². The first kappa shape index (κ1) is 21.1. The zero-order valence-electron chi connectivity index (χ0n) is 15.3. The molecule has 0 saturated carbocycles. The molecule has 0 atom stereocenters. The molecule has 1 aromatic rings. The van der Waals surface area contributed by atoms with Gasteiger partial charge in [0.1, 0.15) is 5.69 Å². The summed E-state index contributed by atoms with van der Waals surface area (Å²) in [6.07, 6.45) is 1.39. The zero-order valence-corrected chi connectivity index (χ0v) is 16.2. The number of likely N-dealkylation sites (tertiary alicyclic amines) is 1. The van der Waals surface area contributed by atoms with Crippen LogP contribution in [-0.4, -0.2) is 55.9 Å². The molecule has 1 fully saturated rings. The van der Waals surface area contributed by atoms with Gasteiger partial charge in [0.05, 0.1) is 16.4 Å². The molecule has 1 heterocycles. The predicted octanol–water partition coefficient (Wildman–Crippen LogP) is 0.643. The Morgan fingerprint density at radius 3 is 2.52 bits per heavy atom. The third-order valence-electron chi connectivity index (χ3n) is 4.19. The van der Waals surface area contributed by atoms with Crippen molar-refractivity contribution in [3.63, 3.8) is 0 Å². The summed E-state index contributed by atoms with van der Waals surface area (Å²) >= 11 is 0.